The van der Waals surface area contributed by atoms with Crippen LogP contribution in [0.1, 0.15) is 12.0 Å². The predicted octanol–water partition coefficient (Wildman–Crippen LogP) is 2.79. The van der Waals surface area contributed by atoms with Crippen molar-refractivity contribution in [3.8, 4) is 5.75 Å². The fourth-order valence-electron chi connectivity index (χ4n) is 3.42. The first-order valence-corrected chi connectivity index (χ1v) is 10.9. The van der Waals surface area contributed by atoms with Crippen LogP contribution in [0.4, 0.5) is 11.6 Å². The van der Waals surface area contributed by atoms with Gasteiger partial charge in [-0.2, -0.15) is 15.2 Å². The van der Waals surface area contributed by atoms with Gasteiger partial charge in [0.15, 0.2) is 5.65 Å². The number of anilines is 2. The lowest BCUT2D eigenvalue weighted by Crippen LogP contribution is -2.15. The summed E-state index contributed by atoms with van der Waals surface area (Å²) in [5.41, 5.74) is 2.68. The van der Waals surface area contributed by atoms with Crippen LogP contribution in [0.5, 0.6) is 5.75 Å². The summed E-state index contributed by atoms with van der Waals surface area (Å²) in [5.74, 6) is 1.31. The van der Waals surface area contributed by atoms with Gasteiger partial charge in [0.2, 0.25) is 5.95 Å². The van der Waals surface area contributed by atoms with Crippen LogP contribution in [0, 0.1) is 0 Å². The molecule has 0 aliphatic rings. The Morgan fingerprint density at radius 3 is 2.85 bits per heavy atom. The highest BCUT2D eigenvalue weighted by atomic mass is 16.5. The molecule has 0 fully saturated rings. The van der Waals surface area contributed by atoms with Gasteiger partial charge in [0, 0.05) is 26.0 Å². The molecule has 0 amide bonds. The first kappa shape index (κ1) is 22.7. The van der Waals surface area contributed by atoms with Gasteiger partial charge in [-0.25, -0.2) is 9.67 Å². The fraction of sp³-hybridized carbons (Fsp3) is 0.391. The van der Waals surface area contributed by atoms with Crippen molar-refractivity contribution < 1.29 is 9.47 Å². The average Bonchev–Trinajstić information content (AvgIpc) is 3.41. The Morgan fingerprint density at radius 2 is 2.00 bits per heavy atom. The normalized spacial score (nSPS) is 11.4. The van der Waals surface area contributed by atoms with Crippen LogP contribution in [-0.2, 0) is 17.8 Å². The second-order valence-electron chi connectivity index (χ2n) is 8.04. The Kier molecular flexibility index (Phi) is 7.48. The van der Waals surface area contributed by atoms with E-state index in [0.29, 0.717) is 25.7 Å². The third-order valence-corrected chi connectivity index (χ3v) is 5.05. The number of aryl methyl sites for hydroxylation is 1. The van der Waals surface area contributed by atoms with Crippen molar-refractivity contribution in [3.05, 3.63) is 54.6 Å². The summed E-state index contributed by atoms with van der Waals surface area (Å²) in [7, 11) is 5.80. The molecule has 33 heavy (non-hydrogen) atoms. The van der Waals surface area contributed by atoms with Crippen LogP contribution in [0.2, 0.25) is 0 Å². The van der Waals surface area contributed by atoms with Gasteiger partial charge in [0.1, 0.15) is 12.4 Å². The second-order valence-corrected chi connectivity index (χ2v) is 8.04. The summed E-state index contributed by atoms with van der Waals surface area (Å²) in [6.07, 6.45) is 8.35. The van der Waals surface area contributed by atoms with Crippen molar-refractivity contribution in [1.29, 1.82) is 0 Å². The number of benzene rings is 1. The Morgan fingerprint density at radius 1 is 1.09 bits per heavy atom. The lowest BCUT2D eigenvalue weighted by atomic mass is 10.2. The summed E-state index contributed by atoms with van der Waals surface area (Å²) in [5, 5.41) is 13.0. The Labute approximate surface area is 193 Å². The van der Waals surface area contributed by atoms with Crippen LogP contribution in [-0.4, -0.2) is 75.4 Å². The maximum absolute atomic E-state index is 5.72. The van der Waals surface area contributed by atoms with Crippen LogP contribution in [0.15, 0.2) is 49.1 Å². The number of hydrogen-bond donors (Lipinski definition) is 1. The van der Waals surface area contributed by atoms with Gasteiger partial charge in [-0.1, -0.05) is 12.1 Å². The van der Waals surface area contributed by atoms with E-state index < -0.39 is 0 Å². The zero-order valence-electron chi connectivity index (χ0n) is 19.3. The van der Waals surface area contributed by atoms with Crippen LogP contribution >= 0.6 is 0 Å². The van der Waals surface area contributed by atoms with Crippen LogP contribution in [0.3, 0.4) is 0 Å². The molecule has 4 rings (SSSR count). The molecule has 0 saturated heterocycles. The fourth-order valence-corrected chi connectivity index (χ4v) is 3.42. The number of ether oxygens (including phenoxy) is 2. The van der Waals surface area contributed by atoms with Crippen molar-refractivity contribution in [2.75, 3.05) is 46.3 Å². The SMILES string of the molecule is COCCOc1cccc(Cn2ncc3cnc(Nc4cnn(CCCN(C)C)c4)nc32)c1. The van der Waals surface area contributed by atoms with E-state index in [0.717, 1.165) is 47.5 Å². The molecular formula is C23H30N8O2. The van der Waals surface area contributed by atoms with E-state index in [1.54, 1.807) is 25.7 Å². The van der Waals surface area contributed by atoms with E-state index in [4.69, 9.17) is 14.5 Å². The highest BCUT2D eigenvalue weighted by Gasteiger charge is 2.09. The molecule has 174 valence electrons. The van der Waals surface area contributed by atoms with Crippen molar-refractivity contribution in [1.82, 2.24) is 34.4 Å². The Balaban J connectivity index is 1.44. The highest BCUT2D eigenvalue weighted by Crippen LogP contribution is 2.19. The molecule has 0 bridgehead atoms. The van der Waals surface area contributed by atoms with E-state index in [1.165, 1.54) is 0 Å². The molecule has 0 aliphatic carbocycles. The molecule has 0 spiro atoms. The minimum absolute atomic E-state index is 0.508. The van der Waals surface area contributed by atoms with E-state index >= 15 is 0 Å². The molecule has 10 nitrogen and oxygen atoms in total. The van der Waals surface area contributed by atoms with Gasteiger partial charge in [0.25, 0.3) is 0 Å². The van der Waals surface area contributed by atoms with Gasteiger partial charge in [-0.15, -0.1) is 0 Å². The molecule has 3 heterocycles. The zero-order valence-corrected chi connectivity index (χ0v) is 19.3. The van der Waals surface area contributed by atoms with Gasteiger partial charge in [0.05, 0.1) is 36.6 Å². The van der Waals surface area contributed by atoms with Crippen LogP contribution < -0.4 is 10.1 Å². The minimum atomic E-state index is 0.508. The van der Waals surface area contributed by atoms with Crippen LogP contribution in [0.25, 0.3) is 11.0 Å². The van der Waals surface area contributed by atoms with E-state index in [-0.39, 0.29) is 0 Å². The molecule has 0 unspecified atom stereocenters. The third kappa shape index (κ3) is 6.27. The monoisotopic (exact) mass is 450 g/mol. The van der Waals surface area contributed by atoms with Gasteiger partial charge in [-0.3, -0.25) is 4.68 Å². The van der Waals surface area contributed by atoms with Crippen molar-refractivity contribution >= 4 is 22.7 Å². The number of nitrogens with one attached hydrogen (secondary N) is 1. The van der Waals surface area contributed by atoms with Gasteiger partial charge < -0.3 is 19.7 Å². The number of fused-ring (bicyclic) bond motifs is 1. The molecule has 0 atom stereocenters. The molecule has 3 aromatic heterocycles. The number of methoxy groups -OCH3 is 1. The van der Waals surface area contributed by atoms with Gasteiger partial charge in [-0.05, 0) is 44.8 Å². The molecule has 1 N–H and O–H groups in total. The standard InChI is InChI=1S/C23H30N8O2/c1-29(2)8-5-9-30-17-20(15-25-30)27-23-24-13-19-14-26-31(22(19)28-23)16-18-6-4-7-21(12-18)33-11-10-32-3/h4,6-7,12-15,17H,5,8-11,16H2,1-3H3,(H,24,27,28). The summed E-state index contributed by atoms with van der Waals surface area (Å²) in [6.45, 7) is 3.52. The van der Waals surface area contributed by atoms with E-state index in [9.17, 15) is 0 Å². The molecule has 0 radical (unpaired) electrons. The van der Waals surface area contributed by atoms with E-state index in [1.807, 2.05) is 39.8 Å². The molecule has 0 saturated carbocycles. The maximum atomic E-state index is 5.72. The number of hydrogen-bond acceptors (Lipinski definition) is 8. The molecule has 10 heteroatoms. The predicted molar refractivity (Wildman–Crippen MR) is 127 cm³/mol. The topological polar surface area (TPSA) is 95.2 Å². The highest BCUT2D eigenvalue weighted by molar-refractivity contribution is 5.75. The third-order valence-electron chi connectivity index (χ3n) is 5.05. The molecular weight excluding hydrogens is 420 g/mol. The largest absolute Gasteiger partial charge is 0.491 e. The summed E-state index contributed by atoms with van der Waals surface area (Å²) >= 11 is 0. The quantitative estimate of drug-likeness (QED) is 0.329. The number of nitrogens with zero attached hydrogens (tertiary/aromatic N) is 7. The molecule has 0 aliphatic heterocycles. The number of aromatic nitrogens is 6. The lowest BCUT2D eigenvalue weighted by Gasteiger charge is -2.09. The Bertz CT molecular complexity index is 1170. The first-order chi connectivity index (χ1) is 16.1. The Hall–Kier alpha value is -3.50. The summed E-state index contributed by atoms with van der Waals surface area (Å²) in [4.78, 5) is 11.3. The van der Waals surface area contributed by atoms with Crippen molar-refractivity contribution in [3.63, 3.8) is 0 Å². The first-order valence-electron chi connectivity index (χ1n) is 10.9. The maximum Gasteiger partial charge on any atom is 0.229 e. The van der Waals surface area contributed by atoms with Crippen molar-refractivity contribution in [2.24, 2.45) is 0 Å². The zero-order chi connectivity index (χ0) is 23.0. The number of rotatable bonds is 12. The summed E-state index contributed by atoms with van der Waals surface area (Å²) < 4.78 is 14.5. The van der Waals surface area contributed by atoms with Gasteiger partial charge >= 0.3 is 0 Å². The average molecular weight is 451 g/mol. The van der Waals surface area contributed by atoms with E-state index in [2.05, 4.69) is 39.5 Å². The molecule has 1 aromatic carbocycles. The summed E-state index contributed by atoms with van der Waals surface area (Å²) in [6, 6.07) is 7.96. The van der Waals surface area contributed by atoms with Crippen molar-refractivity contribution in [2.45, 2.75) is 19.5 Å². The lowest BCUT2D eigenvalue weighted by molar-refractivity contribution is 0.146. The minimum Gasteiger partial charge on any atom is -0.491 e. The smallest absolute Gasteiger partial charge is 0.229 e. The second kappa shape index (κ2) is 10.9. The molecule has 4 aromatic rings.